The van der Waals surface area contributed by atoms with Crippen LogP contribution in [0.15, 0.2) is 18.2 Å². The molecule has 22 heavy (non-hydrogen) atoms. The maximum Gasteiger partial charge on any atom is 0.127 e. The molecule has 4 heteroatoms. The molecule has 0 bridgehead atoms. The summed E-state index contributed by atoms with van der Waals surface area (Å²) in [5.41, 5.74) is 9.05. The van der Waals surface area contributed by atoms with Crippen LogP contribution in [0, 0.1) is 5.92 Å². The number of ether oxygens (including phenoxy) is 1. The number of hydrogen-bond donors (Lipinski definition) is 1. The fraction of sp³-hybridized carbons (Fsp3) is 0.667. The molecule has 122 valence electrons. The van der Waals surface area contributed by atoms with Gasteiger partial charge in [-0.15, -0.1) is 0 Å². The molecule has 2 heterocycles. The standard InChI is InChI=1S/C18H29N3O/c1-3-14-6-5-7-16-17(19)15(13-22-18(14)16)12-21-10-8-20(4-2)9-11-21/h5-7,15,17H,3-4,8-13,19H2,1-2H3. The van der Waals surface area contributed by atoms with Crippen LogP contribution < -0.4 is 10.5 Å². The highest BCUT2D eigenvalue weighted by atomic mass is 16.5. The van der Waals surface area contributed by atoms with Crippen molar-refractivity contribution in [2.45, 2.75) is 26.3 Å². The van der Waals surface area contributed by atoms with Gasteiger partial charge in [0.2, 0.25) is 0 Å². The zero-order valence-electron chi connectivity index (χ0n) is 13.9. The predicted octanol–water partition coefficient (Wildman–Crippen LogP) is 1.89. The molecule has 2 N–H and O–H groups in total. The molecule has 0 spiro atoms. The molecule has 2 unspecified atom stereocenters. The number of likely N-dealkylation sites (N-methyl/N-ethyl adjacent to an activating group) is 1. The first-order chi connectivity index (χ1) is 10.7. The van der Waals surface area contributed by atoms with Crippen LogP contribution in [-0.2, 0) is 6.42 Å². The lowest BCUT2D eigenvalue weighted by Crippen LogP contribution is -2.49. The van der Waals surface area contributed by atoms with E-state index in [4.69, 9.17) is 10.5 Å². The second-order valence-electron chi connectivity index (χ2n) is 6.52. The molecule has 2 atom stereocenters. The Balaban J connectivity index is 1.65. The van der Waals surface area contributed by atoms with E-state index in [1.54, 1.807) is 0 Å². The van der Waals surface area contributed by atoms with E-state index in [0.29, 0.717) is 5.92 Å². The van der Waals surface area contributed by atoms with Gasteiger partial charge in [0.1, 0.15) is 5.75 Å². The second-order valence-corrected chi connectivity index (χ2v) is 6.52. The van der Waals surface area contributed by atoms with E-state index in [1.165, 1.54) is 24.2 Å². The highest BCUT2D eigenvalue weighted by Gasteiger charge is 2.31. The second kappa shape index (κ2) is 6.99. The quantitative estimate of drug-likeness (QED) is 0.922. The molecule has 4 nitrogen and oxygen atoms in total. The molecular weight excluding hydrogens is 274 g/mol. The lowest BCUT2D eigenvalue weighted by Gasteiger charge is -2.39. The SMILES string of the molecule is CCc1cccc2c1OCC(CN1CCN(CC)CC1)C2N. The summed E-state index contributed by atoms with van der Waals surface area (Å²) in [5.74, 6) is 1.44. The summed E-state index contributed by atoms with van der Waals surface area (Å²) in [5, 5.41) is 0. The highest BCUT2D eigenvalue weighted by Crippen LogP contribution is 2.37. The molecule has 0 amide bonds. The fourth-order valence-corrected chi connectivity index (χ4v) is 3.66. The van der Waals surface area contributed by atoms with Gasteiger partial charge in [0.25, 0.3) is 0 Å². The first-order valence-corrected chi connectivity index (χ1v) is 8.67. The Hall–Kier alpha value is -1.10. The van der Waals surface area contributed by atoms with Gasteiger partial charge in [0, 0.05) is 50.2 Å². The van der Waals surface area contributed by atoms with Gasteiger partial charge in [0.05, 0.1) is 6.61 Å². The van der Waals surface area contributed by atoms with E-state index >= 15 is 0 Å². The summed E-state index contributed by atoms with van der Waals surface area (Å²) >= 11 is 0. The number of rotatable bonds is 4. The summed E-state index contributed by atoms with van der Waals surface area (Å²) in [6.45, 7) is 12.0. The lowest BCUT2D eigenvalue weighted by molar-refractivity contribution is 0.0915. The Morgan fingerprint density at radius 3 is 2.55 bits per heavy atom. The number of para-hydroxylation sites is 1. The predicted molar refractivity (Wildman–Crippen MR) is 90.3 cm³/mol. The van der Waals surface area contributed by atoms with Gasteiger partial charge in [-0.1, -0.05) is 32.0 Å². The number of aryl methyl sites for hydroxylation is 1. The molecule has 2 aliphatic rings. The van der Waals surface area contributed by atoms with Crippen molar-refractivity contribution in [2.75, 3.05) is 45.9 Å². The lowest BCUT2D eigenvalue weighted by atomic mass is 9.89. The Kier molecular flexibility index (Phi) is 5.01. The topological polar surface area (TPSA) is 41.7 Å². The van der Waals surface area contributed by atoms with Gasteiger partial charge in [-0.2, -0.15) is 0 Å². The minimum atomic E-state index is 0.0967. The molecule has 0 aromatic heterocycles. The van der Waals surface area contributed by atoms with Crippen LogP contribution in [0.25, 0.3) is 0 Å². The minimum absolute atomic E-state index is 0.0967. The first-order valence-electron chi connectivity index (χ1n) is 8.67. The normalized spacial score (nSPS) is 26.5. The van der Waals surface area contributed by atoms with E-state index < -0.39 is 0 Å². The Bertz CT molecular complexity index is 497. The molecule has 1 aromatic rings. The first kappa shape index (κ1) is 15.8. The number of nitrogens with two attached hydrogens (primary N) is 1. The van der Waals surface area contributed by atoms with Crippen LogP contribution >= 0.6 is 0 Å². The molecule has 1 fully saturated rings. The van der Waals surface area contributed by atoms with Crippen LogP contribution in [0.2, 0.25) is 0 Å². The summed E-state index contributed by atoms with van der Waals surface area (Å²) < 4.78 is 6.10. The summed E-state index contributed by atoms with van der Waals surface area (Å²) in [4.78, 5) is 5.06. The fourth-order valence-electron chi connectivity index (χ4n) is 3.66. The summed E-state index contributed by atoms with van der Waals surface area (Å²) in [6, 6.07) is 6.50. The molecule has 1 aromatic carbocycles. The van der Waals surface area contributed by atoms with Crippen molar-refractivity contribution in [3.05, 3.63) is 29.3 Å². The van der Waals surface area contributed by atoms with Crippen molar-refractivity contribution in [2.24, 2.45) is 11.7 Å². The Morgan fingerprint density at radius 2 is 1.86 bits per heavy atom. The zero-order valence-corrected chi connectivity index (χ0v) is 13.9. The third-order valence-corrected chi connectivity index (χ3v) is 5.22. The molecule has 3 rings (SSSR count). The summed E-state index contributed by atoms with van der Waals surface area (Å²) in [6.07, 6.45) is 1.000. The van der Waals surface area contributed by atoms with Gasteiger partial charge in [-0.05, 0) is 18.5 Å². The van der Waals surface area contributed by atoms with Crippen LogP contribution in [-0.4, -0.2) is 55.7 Å². The number of hydrogen-bond acceptors (Lipinski definition) is 4. The van der Waals surface area contributed by atoms with Gasteiger partial charge in [-0.25, -0.2) is 0 Å². The molecule has 0 radical (unpaired) electrons. The van der Waals surface area contributed by atoms with Crippen molar-refractivity contribution in [1.29, 1.82) is 0 Å². The van der Waals surface area contributed by atoms with Crippen molar-refractivity contribution < 1.29 is 4.74 Å². The van der Waals surface area contributed by atoms with Gasteiger partial charge in [0.15, 0.2) is 0 Å². The molecule has 0 saturated carbocycles. The van der Waals surface area contributed by atoms with Crippen LogP contribution in [0.5, 0.6) is 5.75 Å². The van der Waals surface area contributed by atoms with Crippen LogP contribution in [0.1, 0.15) is 31.0 Å². The van der Waals surface area contributed by atoms with Crippen molar-refractivity contribution in [1.82, 2.24) is 9.80 Å². The third kappa shape index (κ3) is 3.14. The number of benzene rings is 1. The van der Waals surface area contributed by atoms with E-state index in [0.717, 1.165) is 45.0 Å². The molecular formula is C18H29N3O. The number of fused-ring (bicyclic) bond motifs is 1. The number of nitrogens with zero attached hydrogens (tertiary/aromatic N) is 2. The van der Waals surface area contributed by atoms with Gasteiger partial charge >= 0.3 is 0 Å². The van der Waals surface area contributed by atoms with Gasteiger partial charge in [-0.3, -0.25) is 0 Å². The van der Waals surface area contributed by atoms with Crippen LogP contribution in [0.4, 0.5) is 0 Å². The summed E-state index contributed by atoms with van der Waals surface area (Å²) in [7, 11) is 0. The monoisotopic (exact) mass is 303 g/mol. The van der Waals surface area contributed by atoms with E-state index in [1.807, 2.05) is 0 Å². The third-order valence-electron chi connectivity index (χ3n) is 5.22. The van der Waals surface area contributed by atoms with Gasteiger partial charge < -0.3 is 20.3 Å². The van der Waals surface area contributed by atoms with Crippen LogP contribution in [0.3, 0.4) is 0 Å². The maximum absolute atomic E-state index is 6.57. The molecule has 0 aliphatic carbocycles. The molecule has 2 aliphatic heterocycles. The maximum atomic E-state index is 6.57. The van der Waals surface area contributed by atoms with Crippen molar-refractivity contribution in [3.8, 4) is 5.75 Å². The van der Waals surface area contributed by atoms with Crippen molar-refractivity contribution >= 4 is 0 Å². The Labute approximate surface area is 134 Å². The van der Waals surface area contributed by atoms with E-state index in [-0.39, 0.29) is 6.04 Å². The smallest absolute Gasteiger partial charge is 0.127 e. The molecule has 1 saturated heterocycles. The Morgan fingerprint density at radius 1 is 1.14 bits per heavy atom. The minimum Gasteiger partial charge on any atom is -0.493 e. The highest BCUT2D eigenvalue weighted by molar-refractivity contribution is 5.45. The largest absolute Gasteiger partial charge is 0.493 e. The average molecular weight is 303 g/mol. The van der Waals surface area contributed by atoms with Crippen molar-refractivity contribution in [3.63, 3.8) is 0 Å². The van der Waals surface area contributed by atoms with E-state index in [9.17, 15) is 0 Å². The zero-order chi connectivity index (χ0) is 15.5. The van der Waals surface area contributed by atoms with E-state index in [2.05, 4.69) is 41.8 Å². The average Bonchev–Trinajstić information content (AvgIpc) is 2.57. The number of piperazine rings is 1.